The molecule has 1 heterocycles. The van der Waals surface area contributed by atoms with Crippen molar-refractivity contribution in [3.63, 3.8) is 0 Å². The lowest BCUT2D eigenvalue weighted by Gasteiger charge is -2.12. The van der Waals surface area contributed by atoms with E-state index >= 15 is 0 Å². The first-order valence-electron chi connectivity index (χ1n) is 6.67. The van der Waals surface area contributed by atoms with Gasteiger partial charge in [0.25, 0.3) is 0 Å². The maximum absolute atomic E-state index is 6.30. The minimum Gasteiger partial charge on any atom is -0.319 e. The summed E-state index contributed by atoms with van der Waals surface area (Å²) in [6.07, 6.45) is 0. The zero-order valence-corrected chi connectivity index (χ0v) is 11.1. The molecule has 1 unspecified atom stereocenters. The summed E-state index contributed by atoms with van der Waals surface area (Å²) in [6, 6.07) is 26.0. The van der Waals surface area contributed by atoms with Gasteiger partial charge in [-0.15, -0.1) is 0 Å². The molecule has 0 saturated heterocycles. The minimum atomic E-state index is -0.195. The molecule has 1 aromatic heterocycles. The van der Waals surface area contributed by atoms with Gasteiger partial charge in [0.05, 0.1) is 17.4 Å². The van der Waals surface area contributed by atoms with Crippen molar-refractivity contribution in [2.45, 2.75) is 6.04 Å². The van der Waals surface area contributed by atoms with Crippen molar-refractivity contribution in [1.29, 1.82) is 0 Å². The fraction of sp³-hybridized carbons (Fsp3) is 0.0556. The van der Waals surface area contributed by atoms with Gasteiger partial charge in [-0.1, -0.05) is 66.7 Å². The Kier molecular flexibility index (Phi) is 3.57. The molecule has 0 amide bonds. The van der Waals surface area contributed by atoms with E-state index in [0.29, 0.717) is 0 Å². The van der Waals surface area contributed by atoms with E-state index in [1.165, 1.54) is 0 Å². The van der Waals surface area contributed by atoms with E-state index in [1.807, 2.05) is 66.7 Å². The summed E-state index contributed by atoms with van der Waals surface area (Å²) < 4.78 is 0. The van der Waals surface area contributed by atoms with Crippen molar-refractivity contribution in [1.82, 2.24) is 4.98 Å². The highest BCUT2D eigenvalue weighted by atomic mass is 14.8. The van der Waals surface area contributed by atoms with Crippen LogP contribution in [0.5, 0.6) is 0 Å². The molecule has 0 radical (unpaired) electrons. The summed E-state index contributed by atoms with van der Waals surface area (Å²) in [4.78, 5) is 4.69. The topological polar surface area (TPSA) is 38.9 Å². The van der Waals surface area contributed by atoms with E-state index in [-0.39, 0.29) is 6.04 Å². The van der Waals surface area contributed by atoms with Gasteiger partial charge in [0, 0.05) is 5.56 Å². The smallest absolute Gasteiger partial charge is 0.0726 e. The van der Waals surface area contributed by atoms with Crippen LogP contribution in [0.1, 0.15) is 17.3 Å². The van der Waals surface area contributed by atoms with Crippen molar-refractivity contribution in [2.75, 3.05) is 0 Å². The molecule has 2 N–H and O–H groups in total. The summed E-state index contributed by atoms with van der Waals surface area (Å²) in [5, 5.41) is 0. The summed E-state index contributed by atoms with van der Waals surface area (Å²) in [7, 11) is 0. The average molecular weight is 260 g/mol. The Morgan fingerprint density at radius 2 is 1.35 bits per heavy atom. The molecular weight excluding hydrogens is 244 g/mol. The maximum Gasteiger partial charge on any atom is 0.0726 e. The largest absolute Gasteiger partial charge is 0.319 e. The van der Waals surface area contributed by atoms with Gasteiger partial charge in [0.1, 0.15) is 0 Å². The molecular formula is C18H16N2. The van der Waals surface area contributed by atoms with E-state index in [9.17, 15) is 0 Å². The number of pyridine rings is 1. The number of hydrogen-bond donors (Lipinski definition) is 1. The van der Waals surface area contributed by atoms with Gasteiger partial charge in [-0.05, 0) is 17.7 Å². The second-order valence-electron chi connectivity index (χ2n) is 4.70. The van der Waals surface area contributed by atoms with Gasteiger partial charge in [-0.2, -0.15) is 0 Å². The van der Waals surface area contributed by atoms with Crippen LogP contribution in [0.4, 0.5) is 0 Å². The zero-order valence-electron chi connectivity index (χ0n) is 11.1. The maximum atomic E-state index is 6.30. The Bertz CT molecular complexity index is 678. The van der Waals surface area contributed by atoms with Gasteiger partial charge >= 0.3 is 0 Å². The summed E-state index contributed by atoms with van der Waals surface area (Å²) >= 11 is 0. The van der Waals surface area contributed by atoms with Crippen molar-refractivity contribution < 1.29 is 0 Å². The highest BCUT2D eigenvalue weighted by molar-refractivity contribution is 5.59. The van der Waals surface area contributed by atoms with Crippen LogP contribution in [-0.4, -0.2) is 4.98 Å². The molecule has 1 atom stereocenters. The SMILES string of the molecule is NC(c1ccccc1)c1cccc(-c2ccccc2)n1. The van der Waals surface area contributed by atoms with Crippen molar-refractivity contribution in [2.24, 2.45) is 5.73 Å². The number of aromatic nitrogens is 1. The molecule has 98 valence electrons. The molecule has 0 aliphatic heterocycles. The van der Waals surface area contributed by atoms with E-state index < -0.39 is 0 Å². The number of nitrogens with zero attached hydrogens (tertiary/aromatic N) is 1. The highest BCUT2D eigenvalue weighted by Crippen LogP contribution is 2.21. The van der Waals surface area contributed by atoms with Crippen LogP contribution in [0.15, 0.2) is 78.9 Å². The van der Waals surface area contributed by atoms with E-state index in [4.69, 9.17) is 10.7 Å². The standard InChI is InChI=1S/C18H16N2/c19-18(15-10-5-2-6-11-15)17-13-7-12-16(20-17)14-8-3-1-4-9-14/h1-13,18H,19H2. The number of nitrogens with two attached hydrogens (primary N) is 1. The van der Waals surface area contributed by atoms with Crippen LogP contribution in [-0.2, 0) is 0 Å². The molecule has 0 bridgehead atoms. The predicted molar refractivity (Wildman–Crippen MR) is 82.1 cm³/mol. The molecule has 0 saturated carbocycles. The normalized spacial score (nSPS) is 12.1. The fourth-order valence-corrected chi connectivity index (χ4v) is 2.23. The van der Waals surface area contributed by atoms with E-state index in [1.54, 1.807) is 0 Å². The van der Waals surface area contributed by atoms with Crippen LogP contribution in [0, 0.1) is 0 Å². The second kappa shape index (κ2) is 5.68. The first-order chi connectivity index (χ1) is 9.84. The number of benzene rings is 2. The number of hydrogen-bond acceptors (Lipinski definition) is 2. The lowest BCUT2D eigenvalue weighted by atomic mass is 10.0. The quantitative estimate of drug-likeness (QED) is 0.778. The molecule has 20 heavy (non-hydrogen) atoms. The van der Waals surface area contributed by atoms with Gasteiger partial charge < -0.3 is 5.73 Å². The Labute approximate surface area is 118 Å². The Morgan fingerprint density at radius 3 is 2.05 bits per heavy atom. The Hall–Kier alpha value is -2.45. The van der Waals surface area contributed by atoms with Crippen LogP contribution in [0.2, 0.25) is 0 Å². The van der Waals surface area contributed by atoms with Crippen molar-refractivity contribution in [3.05, 3.63) is 90.1 Å². The molecule has 0 spiro atoms. The second-order valence-corrected chi connectivity index (χ2v) is 4.70. The minimum absolute atomic E-state index is 0.195. The van der Waals surface area contributed by atoms with Gasteiger partial charge in [-0.3, -0.25) is 4.98 Å². The lowest BCUT2D eigenvalue weighted by Crippen LogP contribution is -2.13. The molecule has 3 rings (SSSR count). The van der Waals surface area contributed by atoms with Gasteiger partial charge in [-0.25, -0.2) is 0 Å². The average Bonchev–Trinajstić information content (AvgIpc) is 2.56. The van der Waals surface area contributed by atoms with Crippen molar-refractivity contribution in [3.8, 4) is 11.3 Å². The zero-order chi connectivity index (χ0) is 13.8. The molecule has 0 aliphatic carbocycles. The van der Waals surface area contributed by atoms with E-state index in [0.717, 1.165) is 22.5 Å². The molecule has 0 aliphatic rings. The Morgan fingerprint density at radius 1 is 0.700 bits per heavy atom. The molecule has 2 nitrogen and oxygen atoms in total. The monoisotopic (exact) mass is 260 g/mol. The van der Waals surface area contributed by atoms with Crippen LogP contribution in [0.25, 0.3) is 11.3 Å². The number of rotatable bonds is 3. The van der Waals surface area contributed by atoms with E-state index in [2.05, 4.69) is 12.1 Å². The third-order valence-electron chi connectivity index (χ3n) is 3.32. The third kappa shape index (κ3) is 2.60. The Balaban J connectivity index is 1.96. The summed E-state index contributed by atoms with van der Waals surface area (Å²) in [6.45, 7) is 0. The molecule has 2 aromatic carbocycles. The van der Waals surface area contributed by atoms with Crippen LogP contribution >= 0.6 is 0 Å². The molecule has 2 heteroatoms. The lowest BCUT2D eigenvalue weighted by molar-refractivity contribution is 0.830. The summed E-state index contributed by atoms with van der Waals surface area (Å²) in [5.41, 5.74) is 10.3. The van der Waals surface area contributed by atoms with Gasteiger partial charge in [0.2, 0.25) is 0 Å². The van der Waals surface area contributed by atoms with Crippen LogP contribution < -0.4 is 5.73 Å². The third-order valence-corrected chi connectivity index (χ3v) is 3.32. The summed E-state index contributed by atoms with van der Waals surface area (Å²) in [5.74, 6) is 0. The fourth-order valence-electron chi connectivity index (χ4n) is 2.23. The highest BCUT2D eigenvalue weighted by Gasteiger charge is 2.10. The predicted octanol–water partition coefficient (Wildman–Crippen LogP) is 3.80. The molecule has 3 aromatic rings. The first-order valence-corrected chi connectivity index (χ1v) is 6.67. The van der Waals surface area contributed by atoms with Crippen LogP contribution in [0.3, 0.4) is 0 Å². The van der Waals surface area contributed by atoms with Gasteiger partial charge in [0.15, 0.2) is 0 Å². The first kappa shape index (κ1) is 12.6. The van der Waals surface area contributed by atoms with Crippen molar-refractivity contribution >= 4 is 0 Å². The molecule has 0 fully saturated rings.